The van der Waals surface area contributed by atoms with Gasteiger partial charge in [0.15, 0.2) is 0 Å². The number of piperazine rings is 1. The highest BCUT2D eigenvalue weighted by atomic mass is 16.5. The average molecular weight is 284 g/mol. The minimum absolute atomic E-state index is 0.574. The van der Waals surface area contributed by atoms with Crippen LogP contribution in [0.4, 0.5) is 17.3 Å². The average Bonchev–Trinajstić information content (AvgIpc) is 2.55. The normalized spacial score (nSPS) is 15.1. The monoisotopic (exact) mass is 284 g/mol. The fourth-order valence-electron chi connectivity index (χ4n) is 2.60. The minimum atomic E-state index is 0.574. The lowest BCUT2D eigenvalue weighted by molar-refractivity contribution is 0.415. The van der Waals surface area contributed by atoms with Crippen molar-refractivity contribution in [2.75, 3.05) is 48.8 Å². The number of hydrogen-bond acceptors (Lipinski definition) is 5. The van der Waals surface area contributed by atoms with Crippen molar-refractivity contribution in [2.24, 2.45) is 0 Å². The first-order chi connectivity index (χ1) is 10.3. The van der Waals surface area contributed by atoms with Gasteiger partial charge in [0, 0.05) is 31.9 Å². The third-order valence-corrected chi connectivity index (χ3v) is 3.80. The fourth-order valence-corrected chi connectivity index (χ4v) is 2.60. The minimum Gasteiger partial charge on any atom is -0.497 e. The van der Waals surface area contributed by atoms with Gasteiger partial charge in [-0.3, -0.25) is 0 Å². The zero-order valence-corrected chi connectivity index (χ0v) is 12.2. The second-order valence-corrected chi connectivity index (χ2v) is 5.09. The van der Waals surface area contributed by atoms with E-state index >= 15 is 0 Å². The molecule has 2 heterocycles. The van der Waals surface area contributed by atoms with Crippen molar-refractivity contribution in [1.82, 2.24) is 4.98 Å². The molecule has 5 heteroatoms. The number of nitrogen functional groups attached to an aromatic ring is 1. The van der Waals surface area contributed by atoms with Gasteiger partial charge < -0.3 is 20.3 Å². The standard InChI is InChI=1S/C16H20N4O/c1-21-14-7-5-13(6-8-14)19-9-11-20(12-10-19)16-4-2-3-15(17)18-16/h2-8H,9-12H2,1H3,(H2,17,18). The topological polar surface area (TPSA) is 54.6 Å². The largest absolute Gasteiger partial charge is 0.497 e. The molecule has 1 aliphatic rings. The fraction of sp³-hybridized carbons (Fsp3) is 0.312. The van der Waals surface area contributed by atoms with Gasteiger partial charge in [-0.15, -0.1) is 0 Å². The summed E-state index contributed by atoms with van der Waals surface area (Å²) in [6.45, 7) is 3.84. The van der Waals surface area contributed by atoms with Gasteiger partial charge in [0.25, 0.3) is 0 Å². The summed E-state index contributed by atoms with van der Waals surface area (Å²) in [4.78, 5) is 9.04. The Morgan fingerprint density at radius 2 is 1.62 bits per heavy atom. The van der Waals surface area contributed by atoms with Crippen LogP contribution in [0, 0.1) is 0 Å². The number of methoxy groups -OCH3 is 1. The summed E-state index contributed by atoms with van der Waals surface area (Å²) in [5.41, 5.74) is 6.98. The summed E-state index contributed by atoms with van der Waals surface area (Å²) in [5, 5.41) is 0. The number of aromatic nitrogens is 1. The summed E-state index contributed by atoms with van der Waals surface area (Å²) < 4.78 is 5.20. The maximum absolute atomic E-state index is 5.75. The van der Waals surface area contributed by atoms with Gasteiger partial charge in [-0.2, -0.15) is 0 Å². The molecule has 1 aliphatic heterocycles. The van der Waals surface area contributed by atoms with Crippen LogP contribution in [0.25, 0.3) is 0 Å². The molecule has 0 spiro atoms. The van der Waals surface area contributed by atoms with Crippen LogP contribution in [-0.4, -0.2) is 38.3 Å². The molecule has 0 bridgehead atoms. The van der Waals surface area contributed by atoms with Gasteiger partial charge in [-0.05, 0) is 36.4 Å². The van der Waals surface area contributed by atoms with Gasteiger partial charge in [-0.1, -0.05) is 6.07 Å². The summed E-state index contributed by atoms with van der Waals surface area (Å²) >= 11 is 0. The molecule has 3 rings (SSSR count). The predicted octanol–water partition coefficient (Wildman–Crippen LogP) is 2.00. The van der Waals surface area contributed by atoms with Crippen molar-refractivity contribution in [3.05, 3.63) is 42.5 Å². The van der Waals surface area contributed by atoms with E-state index in [9.17, 15) is 0 Å². The smallest absolute Gasteiger partial charge is 0.131 e. The second kappa shape index (κ2) is 5.91. The first kappa shape index (κ1) is 13.5. The van der Waals surface area contributed by atoms with Gasteiger partial charge >= 0.3 is 0 Å². The van der Waals surface area contributed by atoms with E-state index < -0.39 is 0 Å². The maximum Gasteiger partial charge on any atom is 0.131 e. The van der Waals surface area contributed by atoms with E-state index in [1.807, 2.05) is 30.3 Å². The summed E-state index contributed by atoms with van der Waals surface area (Å²) in [6.07, 6.45) is 0. The van der Waals surface area contributed by atoms with Gasteiger partial charge in [0.05, 0.1) is 7.11 Å². The number of rotatable bonds is 3. The van der Waals surface area contributed by atoms with Gasteiger partial charge in [0.2, 0.25) is 0 Å². The number of pyridine rings is 1. The molecular formula is C16H20N4O. The van der Waals surface area contributed by atoms with Crippen LogP contribution in [-0.2, 0) is 0 Å². The number of anilines is 3. The number of hydrogen-bond donors (Lipinski definition) is 1. The molecule has 0 aliphatic carbocycles. The van der Waals surface area contributed by atoms with Crippen LogP contribution >= 0.6 is 0 Å². The Labute approximate surface area is 125 Å². The predicted molar refractivity (Wildman–Crippen MR) is 86.1 cm³/mol. The van der Waals surface area contributed by atoms with Crippen molar-refractivity contribution >= 4 is 17.3 Å². The lowest BCUT2D eigenvalue weighted by Gasteiger charge is -2.36. The van der Waals surface area contributed by atoms with E-state index in [4.69, 9.17) is 10.5 Å². The Hall–Kier alpha value is -2.43. The third kappa shape index (κ3) is 3.02. The molecule has 0 saturated carbocycles. The van der Waals surface area contributed by atoms with E-state index in [2.05, 4.69) is 26.9 Å². The van der Waals surface area contributed by atoms with Crippen molar-refractivity contribution in [2.45, 2.75) is 0 Å². The molecule has 21 heavy (non-hydrogen) atoms. The molecule has 5 nitrogen and oxygen atoms in total. The van der Waals surface area contributed by atoms with Gasteiger partial charge in [-0.25, -0.2) is 4.98 Å². The first-order valence-corrected chi connectivity index (χ1v) is 7.13. The SMILES string of the molecule is COc1ccc(N2CCN(c3cccc(N)n3)CC2)cc1. The molecule has 1 aromatic carbocycles. The van der Waals surface area contributed by atoms with Crippen molar-refractivity contribution in [3.8, 4) is 5.75 Å². The molecule has 1 saturated heterocycles. The lowest BCUT2D eigenvalue weighted by atomic mass is 10.2. The molecule has 110 valence electrons. The summed E-state index contributed by atoms with van der Waals surface area (Å²) in [6, 6.07) is 14.0. The van der Waals surface area contributed by atoms with E-state index in [-0.39, 0.29) is 0 Å². The molecule has 0 amide bonds. The highest BCUT2D eigenvalue weighted by molar-refractivity contribution is 5.52. The Bertz CT molecular complexity index is 591. The van der Waals surface area contributed by atoms with Crippen LogP contribution in [0.3, 0.4) is 0 Å². The Kier molecular flexibility index (Phi) is 3.81. The van der Waals surface area contributed by atoms with E-state index in [0.717, 1.165) is 37.7 Å². The van der Waals surface area contributed by atoms with E-state index in [1.54, 1.807) is 7.11 Å². The molecule has 2 N–H and O–H groups in total. The zero-order chi connectivity index (χ0) is 14.7. The van der Waals surface area contributed by atoms with Crippen molar-refractivity contribution < 1.29 is 4.74 Å². The van der Waals surface area contributed by atoms with Crippen LogP contribution < -0.4 is 20.3 Å². The molecule has 2 aromatic rings. The summed E-state index contributed by atoms with van der Waals surface area (Å²) in [7, 11) is 1.69. The molecular weight excluding hydrogens is 264 g/mol. The van der Waals surface area contributed by atoms with Crippen LogP contribution in [0.15, 0.2) is 42.5 Å². The quantitative estimate of drug-likeness (QED) is 0.934. The Morgan fingerprint density at radius 3 is 2.24 bits per heavy atom. The maximum atomic E-state index is 5.75. The molecule has 0 atom stereocenters. The zero-order valence-electron chi connectivity index (χ0n) is 12.2. The van der Waals surface area contributed by atoms with Crippen LogP contribution in [0.2, 0.25) is 0 Å². The number of nitrogens with two attached hydrogens (primary N) is 1. The molecule has 1 fully saturated rings. The van der Waals surface area contributed by atoms with Crippen LogP contribution in [0.5, 0.6) is 5.75 Å². The Morgan fingerprint density at radius 1 is 0.952 bits per heavy atom. The number of ether oxygens (including phenoxy) is 1. The highest BCUT2D eigenvalue weighted by Crippen LogP contribution is 2.22. The second-order valence-electron chi connectivity index (χ2n) is 5.09. The van der Waals surface area contributed by atoms with E-state index in [0.29, 0.717) is 5.82 Å². The third-order valence-electron chi connectivity index (χ3n) is 3.80. The van der Waals surface area contributed by atoms with Crippen LogP contribution in [0.1, 0.15) is 0 Å². The van der Waals surface area contributed by atoms with E-state index in [1.165, 1.54) is 5.69 Å². The summed E-state index contributed by atoms with van der Waals surface area (Å²) in [5.74, 6) is 2.43. The molecule has 0 unspecified atom stereocenters. The van der Waals surface area contributed by atoms with Gasteiger partial charge in [0.1, 0.15) is 17.4 Å². The number of benzene rings is 1. The van der Waals surface area contributed by atoms with Crippen molar-refractivity contribution in [1.29, 1.82) is 0 Å². The Balaban J connectivity index is 1.64. The number of nitrogens with zero attached hydrogens (tertiary/aromatic N) is 3. The first-order valence-electron chi connectivity index (χ1n) is 7.13. The lowest BCUT2D eigenvalue weighted by Crippen LogP contribution is -2.46. The molecule has 1 aromatic heterocycles. The molecule has 0 radical (unpaired) electrons. The highest BCUT2D eigenvalue weighted by Gasteiger charge is 2.18. The van der Waals surface area contributed by atoms with Crippen molar-refractivity contribution in [3.63, 3.8) is 0 Å².